The number of aryl methyl sites for hydroxylation is 2. The van der Waals surface area contributed by atoms with E-state index in [1.54, 1.807) is 0 Å². The molecule has 80 valence electrons. The third-order valence-corrected chi connectivity index (χ3v) is 3.04. The predicted molar refractivity (Wildman–Crippen MR) is 67.5 cm³/mol. The van der Waals surface area contributed by atoms with Crippen LogP contribution in [-0.4, -0.2) is 9.55 Å². The van der Waals surface area contributed by atoms with Crippen LogP contribution < -0.4 is 0 Å². The molecule has 1 aromatic carbocycles. The van der Waals surface area contributed by atoms with E-state index >= 15 is 0 Å². The third-order valence-electron chi connectivity index (χ3n) is 2.76. The molecule has 0 aliphatic heterocycles. The Morgan fingerprint density at radius 1 is 1.33 bits per heavy atom. The van der Waals surface area contributed by atoms with Gasteiger partial charge in [-0.25, -0.2) is 4.98 Å². The maximum Gasteiger partial charge on any atom is 0.119 e. The minimum Gasteiger partial charge on any atom is -0.328 e. The quantitative estimate of drug-likeness (QED) is 0.787. The topological polar surface area (TPSA) is 17.8 Å². The number of hydrogen-bond acceptors (Lipinski definition) is 2. The molecule has 0 aliphatic carbocycles. The standard InChI is InChI=1S/C12H16N2S/c1-3-9-5-6-11-10(7-9)13-12(8-15)14(11)4-2/h5-7,15H,3-4,8H2,1-2H3. The Morgan fingerprint density at radius 2 is 2.13 bits per heavy atom. The van der Waals surface area contributed by atoms with Gasteiger partial charge in [0.15, 0.2) is 0 Å². The van der Waals surface area contributed by atoms with Crippen LogP contribution in [-0.2, 0) is 18.7 Å². The second-order valence-electron chi connectivity index (χ2n) is 3.61. The van der Waals surface area contributed by atoms with E-state index in [9.17, 15) is 0 Å². The summed E-state index contributed by atoms with van der Waals surface area (Å²) in [5.74, 6) is 1.76. The molecule has 0 spiro atoms. The Morgan fingerprint density at radius 3 is 2.73 bits per heavy atom. The molecule has 0 unspecified atom stereocenters. The fraction of sp³-hybridized carbons (Fsp3) is 0.417. The maximum absolute atomic E-state index is 4.60. The van der Waals surface area contributed by atoms with Gasteiger partial charge in [-0.15, -0.1) is 0 Å². The molecular formula is C12H16N2S. The zero-order valence-corrected chi connectivity index (χ0v) is 10.1. The van der Waals surface area contributed by atoms with Crippen LogP contribution in [0, 0.1) is 0 Å². The largest absolute Gasteiger partial charge is 0.328 e. The van der Waals surface area contributed by atoms with Gasteiger partial charge in [0.1, 0.15) is 5.82 Å². The monoisotopic (exact) mass is 220 g/mol. The molecule has 1 heterocycles. The van der Waals surface area contributed by atoms with Crippen LogP contribution in [0.15, 0.2) is 18.2 Å². The summed E-state index contributed by atoms with van der Waals surface area (Å²) in [6.45, 7) is 5.26. The molecule has 3 heteroatoms. The molecular weight excluding hydrogens is 204 g/mol. The number of hydrogen-bond donors (Lipinski definition) is 1. The first kappa shape index (κ1) is 10.6. The van der Waals surface area contributed by atoms with E-state index in [0.29, 0.717) is 5.75 Å². The summed E-state index contributed by atoms with van der Waals surface area (Å²) in [7, 11) is 0. The SMILES string of the molecule is CCc1ccc2c(c1)nc(CS)n2CC. The zero-order chi connectivity index (χ0) is 10.8. The lowest BCUT2D eigenvalue weighted by molar-refractivity contribution is 0.749. The average Bonchev–Trinajstić information content (AvgIpc) is 2.65. The maximum atomic E-state index is 4.60. The molecule has 0 radical (unpaired) electrons. The normalized spacial score (nSPS) is 11.1. The molecule has 0 fully saturated rings. The number of fused-ring (bicyclic) bond motifs is 1. The number of benzene rings is 1. The molecule has 2 nitrogen and oxygen atoms in total. The summed E-state index contributed by atoms with van der Waals surface area (Å²) in [5.41, 5.74) is 3.66. The molecule has 0 bridgehead atoms. The molecule has 15 heavy (non-hydrogen) atoms. The van der Waals surface area contributed by atoms with Gasteiger partial charge in [-0.1, -0.05) is 13.0 Å². The van der Waals surface area contributed by atoms with Crippen molar-refractivity contribution >= 4 is 23.7 Å². The average molecular weight is 220 g/mol. The van der Waals surface area contributed by atoms with Gasteiger partial charge < -0.3 is 4.57 Å². The van der Waals surface area contributed by atoms with Gasteiger partial charge in [-0.3, -0.25) is 0 Å². The lowest BCUT2D eigenvalue weighted by Gasteiger charge is -2.03. The molecule has 0 N–H and O–H groups in total. The number of thiol groups is 1. The van der Waals surface area contributed by atoms with Crippen molar-refractivity contribution in [1.29, 1.82) is 0 Å². The van der Waals surface area contributed by atoms with E-state index in [1.165, 1.54) is 11.1 Å². The Kier molecular flexibility index (Phi) is 3.00. The van der Waals surface area contributed by atoms with Crippen molar-refractivity contribution in [3.05, 3.63) is 29.6 Å². The van der Waals surface area contributed by atoms with E-state index in [4.69, 9.17) is 0 Å². The molecule has 2 rings (SSSR count). The number of rotatable bonds is 3. The van der Waals surface area contributed by atoms with E-state index < -0.39 is 0 Å². The highest BCUT2D eigenvalue weighted by Crippen LogP contribution is 2.19. The van der Waals surface area contributed by atoms with Crippen LogP contribution in [0.5, 0.6) is 0 Å². The first-order valence-corrected chi connectivity index (χ1v) is 6.02. The second-order valence-corrected chi connectivity index (χ2v) is 3.92. The summed E-state index contributed by atoms with van der Waals surface area (Å²) in [6, 6.07) is 6.52. The van der Waals surface area contributed by atoms with Crippen LogP contribution in [0.25, 0.3) is 11.0 Å². The molecule has 1 aromatic heterocycles. The van der Waals surface area contributed by atoms with Crippen molar-refractivity contribution in [3.8, 4) is 0 Å². The lowest BCUT2D eigenvalue weighted by Crippen LogP contribution is -1.98. The summed E-state index contributed by atoms with van der Waals surface area (Å²) in [4.78, 5) is 4.60. The summed E-state index contributed by atoms with van der Waals surface area (Å²) in [6.07, 6.45) is 1.06. The van der Waals surface area contributed by atoms with Crippen molar-refractivity contribution in [2.75, 3.05) is 0 Å². The molecule has 0 amide bonds. The van der Waals surface area contributed by atoms with E-state index in [1.807, 2.05) is 0 Å². The predicted octanol–water partition coefficient (Wildman–Crippen LogP) is 3.05. The van der Waals surface area contributed by atoms with Crippen molar-refractivity contribution < 1.29 is 0 Å². The van der Waals surface area contributed by atoms with Gasteiger partial charge in [-0.2, -0.15) is 12.6 Å². The third kappa shape index (κ3) is 1.76. The van der Waals surface area contributed by atoms with Crippen molar-refractivity contribution in [1.82, 2.24) is 9.55 Å². The Bertz CT molecular complexity index is 474. The molecule has 0 atom stereocenters. The summed E-state index contributed by atoms with van der Waals surface area (Å²) >= 11 is 4.31. The van der Waals surface area contributed by atoms with Crippen LogP contribution in [0.1, 0.15) is 25.2 Å². The molecule has 0 saturated carbocycles. The van der Waals surface area contributed by atoms with Gasteiger partial charge in [0.05, 0.1) is 11.0 Å². The van der Waals surface area contributed by atoms with Gasteiger partial charge in [0.25, 0.3) is 0 Å². The lowest BCUT2D eigenvalue weighted by atomic mass is 10.1. The Hall–Kier alpha value is -0.960. The van der Waals surface area contributed by atoms with Crippen LogP contribution in [0.3, 0.4) is 0 Å². The van der Waals surface area contributed by atoms with E-state index in [-0.39, 0.29) is 0 Å². The van der Waals surface area contributed by atoms with Crippen LogP contribution >= 0.6 is 12.6 Å². The van der Waals surface area contributed by atoms with Crippen LogP contribution in [0.2, 0.25) is 0 Å². The molecule has 0 aliphatic rings. The van der Waals surface area contributed by atoms with Gasteiger partial charge in [0, 0.05) is 12.3 Å². The minimum absolute atomic E-state index is 0.698. The Labute approximate surface area is 95.7 Å². The highest BCUT2D eigenvalue weighted by atomic mass is 32.1. The van der Waals surface area contributed by atoms with E-state index in [2.05, 4.69) is 54.2 Å². The van der Waals surface area contributed by atoms with Crippen molar-refractivity contribution in [2.45, 2.75) is 32.6 Å². The number of nitrogens with zero attached hydrogens (tertiary/aromatic N) is 2. The van der Waals surface area contributed by atoms with Gasteiger partial charge in [0.2, 0.25) is 0 Å². The fourth-order valence-corrected chi connectivity index (χ4v) is 2.16. The second kappa shape index (κ2) is 4.27. The van der Waals surface area contributed by atoms with Crippen molar-refractivity contribution in [2.24, 2.45) is 0 Å². The first-order valence-electron chi connectivity index (χ1n) is 5.39. The molecule has 0 saturated heterocycles. The van der Waals surface area contributed by atoms with E-state index in [0.717, 1.165) is 24.3 Å². The zero-order valence-electron chi connectivity index (χ0n) is 9.20. The summed E-state index contributed by atoms with van der Waals surface area (Å²) in [5, 5.41) is 0. The highest BCUT2D eigenvalue weighted by Gasteiger charge is 2.07. The highest BCUT2D eigenvalue weighted by molar-refractivity contribution is 7.79. The Balaban J connectivity index is 2.65. The summed E-state index contributed by atoms with van der Waals surface area (Å²) < 4.78 is 2.22. The number of imidazole rings is 1. The van der Waals surface area contributed by atoms with Gasteiger partial charge >= 0.3 is 0 Å². The smallest absolute Gasteiger partial charge is 0.119 e. The van der Waals surface area contributed by atoms with Gasteiger partial charge in [-0.05, 0) is 31.0 Å². The number of aromatic nitrogens is 2. The van der Waals surface area contributed by atoms with Crippen molar-refractivity contribution in [3.63, 3.8) is 0 Å². The first-order chi connectivity index (χ1) is 7.30. The minimum atomic E-state index is 0.698. The molecule has 2 aromatic rings. The van der Waals surface area contributed by atoms with Crippen LogP contribution in [0.4, 0.5) is 0 Å². The fourth-order valence-electron chi connectivity index (χ4n) is 1.92.